The van der Waals surface area contributed by atoms with Gasteiger partial charge in [0.05, 0.1) is 37.4 Å². The van der Waals surface area contributed by atoms with Crippen LogP contribution in [0.15, 0.2) is 76.9 Å². The highest BCUT2D eigenvalue weighted by Crippen LogP contribution is 2.28. The molecule has 3 aromatic rings. The number of anilines is 2. The van der Waals surface area contributed by atoms with E-state index in [0.717, 1.165) is 17.5 Å². The van der Waals surface area contributed by atoms with E-state index in [2.05, 4.69) is 25.9 Å². The van der Waals surface area contributed by atoms with Gasteiger partial charge < -0.3 is 30.7 Å². The first-order valence-electron chi connectivity index (χ1n) is 18.1. The molecule has 1 atom stereocenters. The van der Waals surface area contributed by atoms with E-state index in [0.29, 0.717) is 86.5 Å². The topological polar surface area (TPSA) is 176 Å². The van der Waals surface area contributed by atoms with Gasteiger partial charge >= 0.3 is 0 Å². The van der Waals surface area contributed by atoms with Gasteiger partial charge in [0.15, 0.2) is 0 Å². The van der Waals surface area contributed by atoms with Gasteiger partial charge in [-0.15, -0.1) is 0 Å². The molecule has 0 bridgehead atoms. The summed E-state index contributed by atoms with van der Waals surface area (Å²) < 4.78 is 10.6. The fourth-order valence-electron chi connectivity index (χ4n) is 6.47. The van der Waals surface area contributed by atoms with Crippen molar-refractivity contribution in [2.45, 2.75) is 39.7 Å². The first kappa shape index (κ1) is 38.8. The number of carbonyl (C=O) groups excluding carboxylic acids is 2. The largest absolute Gasteiger partial charge is 0.475 e. The van der Waals surface area contributed by atoms with Crippen molar-refractivity contribution in [3.05, 3.63) is 89.1 Å². The van der Waals surface area contributed by atoms with Crippen molar-refractivity contribution in [1.82, 2.24) is 14.8 Å². The van der Waals surface area contributed by atoms with E-state index in [1.165, 1.54) is 11.9 Å². The SMILES string of the molecule is CCN(C(=O)C1CCN(CC(=O)N2CC=C(c3ccc(C(N)=NC=NCCOC)cc3)CC2)C1)c1ccc(N)c(C(=N)c2ccc(OC(C)C)nc2)c1. The molecule has 5 rings (SSSR count). The van der Waals surface area contributed by atoms with Gasteiger partial charge in [-0.2, -0.15) is 0 Å². The second kappa shape index (κ2) is 18.4. The Labute approximate surface area is 311 Å². The molecule has 53 heavy (non-hydrogen) atoms. The van der Waals surface area contributed by atoms with E-state index >= 15 is 0 Å². The number of rotatable bonds is 15. The third-order valence-corrected chi connectivity index (χ3v) is 9.38. The van der Waals surface area contributed by atoms with E-state index in [1.807, 2.05) is 56.0 Å². The van der Waals surface area contributed by atoms with Crippen LogP contribution in [0.5, 0.6) is 5.88 Å². The van der Waals surface area contributed by atoms with Crippen LogP contribution in [0.1, 0.15) is 55.9 Å². The maximum absolute atomic E-state index is 13.8. The highest BCUT2D eigenvalue weighted by Gasteiger charge is 2.33. The fourth-order valence-corrected chi connectivity index (χ4v) is 6.47. The van der Waals surface area contributed by atoms with Gasteiger partial charge in [0, 0.05) is 73.6 Å². The number of aromatic nitrogens is 1. The van der Waals surface area contributed by atoms with Crippen LogP contribution in [0.3, 0.4) is 0 Å². The molecule has 5 N–H and O–H groups in total. The third-order valence-electron chi connectivity index (χ3n) is 9.38. The van der Waals surface area contributed by atoms with Crippen LogP contribution in [0, 0.1) is 11.3 Å². The number of benzene rings is 2. The Balaban J connectivity index is 1.14. The van der Waals surface area contributed by atoms with Crippen molar-refractivity contribution in [2.24, 2.45) is 21.6 Å². The lowest BCUT2D eigenvalue weighted by molar-refractivity contribution is -0.132. The number of nitrogens with one attached hydrogen (secondary N) is 1. The lowest BCUT2D eigenvalue weighted by Crippen LogP contribution is -2.42. The van der Waals surface area contributed by atoms with Crippen molar-refractivity contribution in [1.29, 1.82) is 5.41 Å². The number of nitrogens with two attached hydrogens (primary N) is 2. The number of methoxy groups -OCH3 is 1. The van der Waals surface area contributed by atoms with Gasteiger partial charge in [0.1, 0.15) is 12.2 Å². The second-order valence-electron chi connectivity index (χ2n) is 13.4. The number of carbonyl (C=O) groups is 2. The zero-order valence-electron chi connectivity index (χ0n) is 31.1. The first-order valence-corrected chi connectivity index (χ1v) is 18.1. The summed E-state index contributed by atoms with van der Waals surface area (Å²) in [5.41, 5.74) is 18.0. The highest BCUT2D eigenvalue weighted by molar-refractivity contribution is 6.14. The summed E-state index contributed by atoms with van der Waals surface area (Å²) in [7, 11) is 1.63. The lowest BCUT2D eigenvalue weighted by atomic mass is 9.98. The minimum absolute atomic E-state index is 0.00126. The molecule has 1 aromatic heterocycles. The summed E-state index contributed by atoms with van der Waals surface area (Å²) >= 11 is 0. The summed E-state index contributed by atoms with van der Waals surface area (Å²) in [6.07, 6.45) is 6.58. The standard InChI is InChI=1S/C40H51N9O4/c1-5-49(33-11-12-35(41)34(22-33)38(42)31-10-13-36(45-23-31)53-27(2)3)40(51)32-14-18-47(24-32)25-37(50)48-19-15-29(16-20-48)28-6-8-30(9-7-28)39(43)46-26-44-17-21-52-4/h6-13,15,22-23,26-27,32,42H,5,14,16-21,24-25,41H2,1-4H3,(H2,43,44,46). The van der Waals surface area contributed by atoms with Crippen LogP contribution in [-0.2, 0) is 14.3 Å². The number of aliphatic imine (C=N–C) groups is 2. The molecule has 0 radical (unpaired) electrons. The van der Waals surface area contributed by atoms with Gasteiger partial charge in [-0.3, -0.25) is 24.9 Å². The predicted molar refractivity (Wildman–Crippen MR) is 211 cm³/mol. The van der Waals surface area contributed by atoms with Gasteiger partial charge in [-0.1, -0.05) is 30.3 Å². The molecule has 2 aromatic carbocycles. The Morgan fingerprint density at radius 3 is 2.55 bits per heavy atom. The minimum Gasteiger partial charge on any atom is -0.475 e. The van der Waals surface area contributed by atoms with Crippen LogP contribution in [0.25, 0.3) is 5.57 Å². The minimum atomic E-state index is -0.237. The van der Waals surface area contributed by atoms with Crippen LogP contribution in [0.4, 0.5) is 11.4 Å². The molecule has 3 heterocycles. The number of amides is 2. The monoisotopic (exact) mass is 721 g/mol. The Hall–Kier alpha value is -5.40. The summed E-state index contributed by atoms with van der Waals surface area (Å²) in [5, 5.41) is 8.85. The number of pyridine rings is 1. The number of amidine groups is 1. The number of nitrogens with zero attached hydrogens (tertiary/aromatic N) is 6. The van der Waals surface area contributed by atoms with E-state index in [-0.39, 0.29) is 36.1 Å². The molecule has 280 valence electrons. The fraction of sp³-hybridized carbons (Fsp3) is 0.400. The number of ether oxygens (including phenoxy) is 2. The van der Waals surface area contributed by atoms with Crippen molar-refractivity contribution in [3.63, 3.8) is 0 Å². The number of hydrogen-bond acceptors (Lipinski definition) is 9. The molecule has 2 aliphatic rings. The highest BCUT2D eigenvalue weighted by atomic mass is 16.5. The summed E-state index contributed by atoms with van der Waals surface area (Å²) in [4.78, 5) is 45.5. The van der Waals surface area contributed by atoms with Gasteiger partial charge in [0.25, 0.3) is 0 Å². The molecule has 2 amide bonds. The Morgan fingerprint density at radius 2 is 1.89 bits per heavy atom. The average molecular weight is 722 g/mol. The molecule has 1 unspecified atom stereocenters. The van der Waals surface area contributed by atoms with Crippen molar-refractivity contribution in [3.8, 4) is 5.88 Å². The molecule has 0 spiro atoms. The Kier molecular flexibility index (Phi) is 13.5. The lowest BCUT2D eigenvalue weighted by Gasteiger charge is -2.29. The second-order valence-corrected chi connectivity index (χ2v) is 13.4. The van der Waals surface area contributed by atoms with Gasteiger partial charge in [-0.05, 0) is 75.6 Å². The molecule has 0 saturated carbocycles. The van der Waals surface area contributed by atoms with E-state index in [4.69, 9.17) is 26.4 Å². The van der Waals surface area contributed by atoms with Crippen LogP contribution >= 0.6 is 0 Å². The number of nitrogen functional groups attached to an aromatic ring is 1. The molecular weight excluding hydrogens is 670 g/mol. The smallest absolute Gasteiger partial charge is 0.237 e. The third kappa shape index (κ3) is 10.1. The van der Waals surface area contributed by atoms with Crippen LogP contribution in [0.2, 0.25) is 0 Å². The molecular formula is C40H51N9O4. The quantitative estimate of drug-likeness (QED) is 0.0904. The van der Waals surface area contributed by atoms with E-state index in [1.54, 1.807) is 42.5 Å². The van der Waals surface area contributed by atoms with Crippen LogP contribution < -0.4 is 21.1 Å². The van der Waals surface area contributed by atoms with Crippen molar-refractivity contribution in [2.75, 3.05) is 70.2 Å². The summed E-state index contributed by atoms with van der Waals surface area (Å²) in [6.45, 7) is 9.96. The van der Waals surface area contributed by atoms with E-state index in [9.17, 15) is 9.59 Å². The Bertz CT molecular complexity index is 1840. The van der Waals surface area contributed by atoms with Crippen LogP contribution in [-0.4, -0.2) is 110 Å². The summed E-state index contributed by atoms with van der Waals surface area (Å²) in [6, 6.07) is 16.8. The zero-order valence-corrected chi connectivity index (χ0v) is 31.1. The number of likely N-dealkylation sites (tertiary alicyclic amines) is 1. The maximum atomic E-state index is 13.8. The average Bonchev–Trinajstić information content (AvgIpc) is 3.64. The van der Waals surface area contributed by atoms with Crippen molar-refractivity contribution >= 4 is 46.6 Å². The molecule has 13 heteroatoms. The molecule has 0 aliphatic carbocycles. The molecule has 1 saturated heterocycles. The Morgan fingerprint density at radius 1 is 1.11 bits per heavy atom. The van der Waals surface area contributed by atoms with Gasteiger partial charge in [0.2, 0.25) is 17.7 Å². The zero-order chi connectivity index (χ0) is 37.9. The molecule has 1 fully saturated rings. The first-order chi connectivity index (χ1) is 25.6. The number of hydrogen-bond donors (Lipinski definition) is 3. The molecule has 13 nitrogen and oxygen atoms in total. The van der Waals surface area contributed by atoms with Crippen molar-refractivity contribution < 1.29 is 19.1 Å². The van der Waals surface area contributed by atoms with E-state index < -0.39 is 0 Å². The summed E-state index contributed by atoms with van der Waals surface area (Å²) in [5.74, 6) is 0.709. The van der Waals surface area contributed by atoms with Gasteiger partial charge in [-0.25, -0.2) is 9.98 Å². The molecule has 2 aliphatic heterocycles. The predicted octanol–water partition coefficient (Wildman–Crippen LogP) is 4.24. The maximum Gasteiger partial charge on any atom is 0.237 e. The normalized spacial score (nSPS) is 16.6.